The molecule has 0 aliphatic heterocycles. The van der Waals surface area contributed by atoms with Gasteiger partial charge in [0, 0.05) is 0 Å². The van der Waals surface area contributed by atoms with Crippen molar-refractivity contribution >= 4 is 6.41 Å². The molecule has 0 aromatic carbocycles. The Bertz CT molecular complexity index is 28.1. The molecule has 0 aromatic heterocycles. The molecule has 30 valence electrons. The molecule has 2 nitrogen and oxygen atoms in total. The lowest BCUT2D eigenvalue weighted by Crippen LogP contribution is -2.07. The van der Waals surface area contributed by atoms with Crippen LogP contribution in [0.25, 0.3) is 0 Å². The number of hydrogen-bond donors (Lipinski definition) is 1. The zero-order valence-electron chi connectivity index (χ0n) is 3.12. The third-order valence-corrected chi connectivity index (χ3v) is 0.249. The Balaban J connectivity index is 2.40. The van der Waals surface area contributed by atoms with Gasteiger partial charge in [0.1, 0.15) is 0 Å². The summed E-state index contributed by atoms with van der Waals surface area (Å²) in [5.74, 6) is 0. The summed E-state index contributed by atoms with van der Waals surface area (Å²) in [4.78, 5) is 9.17. The largest absolute Gasteiger partial charge is 0.530 e. The van der Waals surface area contributed by atoms with E-state index in [0.29, 0.717) is 6.54 Å². The molecule has 0 aromatic rings. The molecule has 0 rings (SSSR count). The molecule has 0 atom stereocenters. The maximum absolute atomic E-state index is 9.17. The van der Waals surface area contributed by atoms with Gasteiger partial charge in [-0.1, -0.05) is 6.92 Å². The Morgan fingerprint density at radius 2 is 2.60 bits per heavy atom. The average molecular weight is 72.1 g/mol. The molecule has 0 unspecified atom stereocenters. The molecule has 1 N–H and O–H groups in total. The maximum atomic E-state index is 9.17. The van der Waals surface area contributed by atoms with Gasteiger partial charge in [-0.25, -0.2) is 0 Å². The van der Waals surface area contributed by atoms with E-state index < -0.39 is 0 Å². The van der Waals surface area contributed by atoms with Crippen molar-refractivity contribution in [3.63, 3.8) is 0 Å². The Hall–Kier alpha value is -0.530. The molecule has 0 radical (unpaired) electrons. The fraction of sp³-hybridized carbons (Fsp3) is 0.667. The number of carbonyl (C=O) groups excluding carboxylic acids is 1. The van der Waals surface area contributed by atoms with Crippen LogP contribution in [0.1, 0.15) is 6.92 Å². The first-order valence-corrected chi connectivity index (χ1v) is 1.51. The van der Waals surface area contributed by atoms with Crippen molar-refractivity contribution in [2.45, 2.75) is 6.92 Å². The van der Waals surface area contributed by atoms with E-state index in [9.17, 15) is 0 Å². The second-order valence-corrected chi connectivity index (χ2v) is 0.632. The lowest BCUT2D eigenvalue weighted by molar-refractivity contribution is 0.544. The van der Waals surface area contributed by atoms with Gasteiger partial charge in [0.15, 0.2) is 0 Å². The third-order valence-electron chi connectivity index (χ3n) is 0.249. The molecule has 0 bridgehead atoms. The van der Waals surface area contributed by atoms with E-state index in [0.717, 1.165) is 0 Å². The highest BCUT2D eigenvalue weighted by Gasteiger charge is 1.45. The minimum atomic E-state index is 0.670. The summed E-state index contributed by atoms with van der Waals surface area (Å²) in [6.45, 7) is 2.51. The lowest BCUT2D eigenvalue weighted by atomic mass is 10.8. The molecular weight excluding hydrogens is 66.0 g/mol. The summed E-state index contributed by atoms with van der Waals surface area (Å²) in [6, 6.07) is 0. The fourth-order valence-electron chi connectivity index (χ4n) is 0.0722. The number of amides is 1. The Kier molecular flexibility index (Phi) is 3.10. The standard InChI is InChI=1S/C3H6NO/c1-2-4-3-5/h2H2,1H3,(H,4,5)/q-1. The van der Waals surface area contributed by atoms with E-state index in [1.54, 1.807) is 0 Å². The van der Waals surface area contributed by atoms with Crippen LogP contribution >= 0.6 is 0 Å². The summed E-state index contributed by atoms with van der Waals surface area (Å²) >= 11 is 0. The summed E-state index contributed by atoms with van der Waals surface area (Å²) in [6.07, 6.45) is 1.52. The van der Waals surface area contributed by atoms with Crippen molar-refractivity contribution in [1.29, 1.82) is 0 Å². The second-order valence-electron chi connectivity index (χ2n) is 0.632. The van der Waals surface area contributed by atoms with Gasteiger partial charge in [-0.2, -0.15) is 6.41 Å². The molecule has 1 amide bonds. The molecule has 0 saturated carbocycles. The molecule has 0 aliphatic carbocycles. The molecule has 0 saturated heterocycles. The Labute approximate surface area is 31.2 Å². The van der Waals surface area contributed by atoms with Crippen LogP contribution in [-0.4, -0.2) is 13.0 Å². The van der Waals surface area contributed by atoms with Crippen LogP contribution in [0.2, 0.25) is 0 Å². The summed E-state index contributed by atoms with van der Waals surface area (Å²) in [7, 11) is 0. The van der Waals surface area contributed by atoms with E-state index in [-0.39, 0.29) is 0 Å². The van der Waals surface area contributed by atoms with E-state index in [4.69, 9.17) is 4.79 Å². The molecule has 5 heavy (non-hydrogen) atoms. The smallest absolute Gasteiger partial charge is 0.0172 e. The molecule has 2 heteroatoms. The molecular formula is C3H6NO-. The van der Waals surface area contributed by atoms with Crippen LogP contribution in [0, 0.1) is 0 Å². The number of hydrogen-bond acceptors (Lipinski definition) is 1. The van der Waals surface area contributed by atoms with Gasteiger partial charge in [-0.05, 0) is 6.54 Å². The third kappa shape index (κ3) is 3.47. The molecule has 0 spiro atoms. The predicted molar refractivity (Wildman–Crippen MR) is 19.4 cm³/mol. The van der Waals surface area contributed by atoms with Gasteiger partial charge in [0.2, 0.25) is 0 Å². The fourth-order valence-corrected chi connectivity index (χ4v) is 0.0722. The quantitative estimate of drug-likeness (QED) is 0.351. The van der Waals surface area contributed by atoms with E-state index in [1.165, 1.54) is 6.41 Å². The Morgan fingerprint density at radius 3 is 2.60 bits per heavy atom. The van der Waals surface area contributed by atoms with Gasteiger partial charge < -0.3 is 10.1 Å². The van der Waals surface area contributed by atoms with Gasteiger partial charge >= 0.3 is 0 Å². The van der Waals surface area contributed by atoms with Crippen molar-refractivity contribution in [2.75, 3.05) is 6.54 Å². The first kappa shape index (κ1) is 4.47. The molecule has 0 aliphatic rings. The van der Waals surface area contributed by atoms with E-state index in [1.807, 2.05) is 6.92 Å². The van der Waals surface area contributed by atoms with Crippen LogP contribution in [-0.2, 0) is 4.79 Å². The van der Waals surface area contributed by atoms with Crippen LogP contribution in [0.3, 0.4) is 0 Å². The first-order valence-electron chi connectivity index (χ1n) is 1.51. The van der Waals surface area contributed by atoms with Crippen molar-refractivity contribution in [1.82, 2.24) is 5.32 Å². The summed E-state index contributed by atoms with van der Waals surface area (Å²) in [5, 5.41) is 2.31. The van der Waals surface area contributed by atoms with Crippen molar-refractivity contribution in [3.8, 4) is 0 Å². The van der Waals surface area contributed by atoms with Gasteiger partial charge in [-0.15, -0.1) is 0 Å². The van der Waals surface area contributed by atoms with Crippen LogP contribution in [0.4, 0.5) is 0 Å². The normalized spacial score (nSPS) is 6.60. The van der Waals surface area contributed by atoms with Crippen molar-refractivity contribution < 1.29 is 4.79 Å². The predicted octanol–water partition coefficient (Wildman–Crippen LogP) is -0.337. The van der Waals surface area contributed by atoms with Crippen LogP contribution in [0.5, 0.6) is 0 Å². The van der Waals surface area contributed by atoms with Crippen molar-refractivity contribution in [3.05, 3.63) is 0 Å². The minimum Gasteiger partial charge on any atom is -0.530 e. The highest BCUT2D eigenvalue weighted by molar-refractivity contribution is 5.46. The SMILES string of the molecule is CCN[C-]=O. The number of rotatable bonds is 2. The maximum Gasteiger partial charge on any atom is -0.0172 e. The van der Waals surface area contributed by atoms with Crippen LogP contribution < -0.4 is 5.32 Å². The summed E-state index contributed by atoms with van der Waals surface area (Å²) < 4.78 is 0. The van der Waals surface area contributed by atoms with Crippen molar-refractivity contribution in [2.24, 2.45) is 0 Å². The first-order chi connectivity index (χ1) is 2.41. The topological polar surface area (TPSA) is 29.1 Å². The summed E-state index contributed by atoms with van der Waals surface area (Å²) in [5.41, 5.74) is 0. The zero-order chi connectivity index (χ0) is 4.12. The van der Waals surface area contributed by atoms with E-state index in [2.05, 4.69) is 5.32 Å². The molecule has 0 fully saturated rings. The molecule has 0 heterocycles. The van der Waals surface area contributed by atoms with Gasteiger partial charge in [-0.3, -0.25) is 0 Å². The van der Waals surface area contributed by atoms with Gasteiger partial charge in [0.05, 0.1) is 0 Å². The van der Waals surface area contributed by atoms with E-state index >= 15 is 0 Å². The lowest BCUT2D eigenvalue weighted by Gasteiger charge is -1.94. The Morgan fingerprint density at radius 1 is 2.00 bits per heavy atom. The number of nitrogens with one attached hydrogen (secondary N) is 1. The van der Waals surface area contributed by atoms with Crippen LogP contribution in [0.15, 0.2) is 0 Å². The zero-order valence-corrected chi connectivity index (χ0v) is 3.12. The second kappa shape index (κ2) is 3.47. The minimum absolute atomic E-state index is 0.670. The highest BCUT2D eigenvalue weighted by atomic mass is 16.1. The average Bonchev–Trinajstić information content (AvgIpc) is 1.41. The highest BCUT2D eigenvalue weighted by Crippen LogP contribution is 1.37. The monoisotopic (exact) mass is 72.0 g/mol. The van der Waals surface area contributed by atoms with Gasteiger partial charge in [0.25, 0.3) is 0 Å².